The summed E-state index contributed by atoms with van der Waals surface area (Å²) in [6.45, 7) is 1.38. The van der Waals surface area contributed by atoms with Crippen LogP contribution in [0.1, 0.15) is 23.2 Å². The molecule has 20 heavy (non-hydrogen) atoms. The van der Waals surface area contributed by atoms with Crippen molar-refractivity contribution in [3.8, 4) is 5.75 Å². The Bertz CT molecular complexity index is 507. The second-order valence-corrected chi connectivity index (χ2v) is 5.63. The Morgan fingerprint density at radius 3 is 2.70 bits per heavy atom. The standard InChI is InChI=1S/C14H17Cl2NO3/c1-17-7-3-4-9(17)8-20-14(18)12-10(15)5-6-11(16)13(12)19-2/h5-6,9H,3-4,7-8H2,1-2H3. The molecule has 0 bridgehead atoms. The molecule has 1 aromatic rings. The summed E-state index contributed by atoms with van der Waals surface area (Å²) in [6.07, 6.45) is 2.16. The summed E-state index contributed by atoms with van der Waals surface area (Å²) >= 11 is 12.0. The van der Waals surface area contributed by atoms with Gasteiger partial charge in [0, 0.05) is 6.04 Å². The van der Waals surface area contributed by atoms with E-state index in [0.29, 0.717) is 11.6 Å². The molecule has 1 unspecified atom stereocenters. The number of nitrogens with zero attached hydrogens (tertiary/aromatic N) is 1. The van der Waals surface area contributed by atoms with Gasteiger partial charge in [-0.15, -0.1) is 0 Å². The van der Waals surface area contributed by atoms with Gasteiger partial charge >= 0.3 is 5.97 Å². The van der Waals surface area contributed by atoms with E-state index in [1.165, 1.54) is 7.11 Å². The van der Waals surface area contributed by atoms with Gasteiger partial charge in [-0.2, -0.15) is 0 Å². The van der Waals surface area contributed by atoms with Crippen LogP contribution in [0.3, 0.4) is 0 Å². The maximum Gasteiger partial charge on any atom is 0.343 e. The first-order chi connectivity index (χ1) is 9.54. The molecule has 1 heterocycles. The monoisotopic (exact) mass is 317 g/mol. The van der Waals surface area contributed by atoms with Crippen molar-refractivity contribution in [1.82, 2.24) is 4.90 Å². The molecule has 0 aromatic heterocycles. The lowest BCUT2D eigenvalue weighted by Crippen LogP contribution is -2.30. The first-order valence-corrected chi connectivity index (χ1v) is 7.19. The van der Waals surface area contributed by atoms with Gasteiger partial charge in [0.1, 0.15) is 12.2 Å². The summed E-state index contributed by atoms with van der Waals surface area (Å²) in [7, 11) is 3.47. The van der Waals surface area contributed by atoms with Gasteiger partial charge in [0.15, 0.2) is 5.75 Å². The van der Waals surface area contributed by atoms with E-state index in [2.05, 4.69) is 4.90 Å². The predicted molar refractivity (Wildman–Crippen MR) is 78.9 cm³/mol. The van der Waals surface area contributed by atoms with Gasteiger partial charge in [0.05, 0.1) is 17.2 Å². The number of rotatable bonds is 4. The molecule has 1 saturated heterocycles. The van der Waals surface area contributed by atoms with Crippen molar-refractivity contribution in [2.45, 2.75) is 18.9 Å². The lowest BCUT2D eigenvalue weighted by molar-refractivity contribution is 0.0413. The highest BCUT2D eigenvalue weighted by Gasteiger charge is 2.25. The molecule has 0 amide bonds. The fourth-order valence-electron chi connectivity index (χ4n) is 2.36. The molecule has 0 aliphatic carbocycles. The third-order valence-electron chi connectivity index (χ3n) is 3.55. The van der Waals surface area contributed by atoms with E-state index in [4.69, 9.17) is 32.7 Å². The minimum Gasteiger partial charge on any atom is -0.494 e. The molecule has 2 rings (SSSR count). The number of likely N-dealkylation sites (tertiary alicyclic amines) is 1. The van der Waals surface area contributed by atoms with Gasteiger partial charge in [0.2, 0.25) is 0 Å². The molecule has 1 fully saturated rings. The zero-order valence-electron chi connectivity index (χ0n) is 11.5. The van der Waals surface area contributed by atoms with Crippen LogP contribution in [-0.2, 0) is 4.74 Å². The average molecular weight is 318 g/mol. The van der Waals surface area contributed by atoms with Crippen LogP contribution >= 0.6 is 23.2 Å². The molecule has 0 N–H and O–H groups in total. The molecular formula is C14H17Cl2NO3. The van der Waals surface area contributed by atoms with Crippen LogP contribution in [0.5, 0.6) is 5.75 Å². The minimum atomic E-state index is -0.505. The first kappa shape index (κ1) is 15.4. The Morgan fingerprint density at radius 1 is 1.40 bits per heavy atom. The number of methoxy groups -OCH3 is 1. The normalized spacial score (nSPS) is 19.1. The Morgan fingerprint density at radius 2 is 2.10 bits per heavy atom. The largest absolute Gasteiger partial charge is 0.494 e. The Kier molecular flexibility index (Phi) is 5.13. The molecule has 6 heteroatoms. The number of hydrogen-bond acceptors (Lipinski definition) is 4. The minimum absolute atomic E-state index is 0.183. The summed E-state index contributed by atoms with van der Waals surface area (Å²) in [5.74, 6) is -0.251. The number of halogens is 2. The SMILES string of the molecule is COc1c(Cl)ccc(Cl)c1C(=O)OCC1CCCN1C. The smallest absolute Gasteiger partial charge is 0.343 e. The summed E-state index contributed by atoms with van der Waals surface area (Å²) in [5.41, 5.74) is 0.183. The van der Waals surface area contributed by atoms with Crippen LogP contribution < -0.4 is 4.74 Å². The number of carbonyl (C=O) groups excluding carboxylic acids is 1. The maximum atomic E-state index is 12.2. The molecule has 1 aliphatic heterocycles. The number of carbonyl (C=O) groups is 1. The molecule has 4 nitrogen and oxygen atoms in total. The number of hydrogen-bond donors (Lipinski definition) is 0. The highest BCUT2D eigenvalue weighted by molar-refractivity contribution is 6.37. The number of ether oxygens (including phenoxy) is 2. The zero-order chi connectivity index (χ0) is 14.7. The summed E-state index contributed by atoms with van der Waals surface area (Å²) in [6, 6.07) is 3.41. The van der Waals surface area contributed by atoms with E-state index in [9.17, 15) is 4.79 Å². The van der Waals surface area contributed by atoms with Crippen molar-refractivity contribution >= 4 is 29.2 Å². The van der Waals surface area contributed by atoms with E-state index in [0.717, 1.165) is 19.4 Å². The second kappa shape index (κ2) is 6.66. The van der Waals surface area contributed by atoms with Crippen molar-refractivity contribution in [2.75, 3.05) is 27.3 Å². The fourth-order valence-corrected chi connectivity index (χ4v) is 2.82. The van der Waals surface area contributed by atoms with E-state index < -0.39 is 5.97 Å². The van der Waals surface area contributed by atoms with Gasteiger partial charge < -0.3 is 14.4 Å². The Labute approximate surface area is 128 Å². The van der Waals surface area contributed by atoms with Crippen molar-refractivity contribution in [1.29, 1.82) is 0 Å². The van der Waals surface area contributed by atoms with Crippen LogP contribution in [0.4, 0.5) is 0 Å². The van der Waals surface area contributed by atoms with E-state index in [-0.39, 0.29) is 22.4 Å². The number of esters is 1. The summed E-state index contributed by atoms with van der Waals surface area (Å²) in [4.78, 5) is 14.4. The van der Waals surface area contributed by atoms with Crippen LogP contribution in [0.2, 0.25) is 10.0 Å². The van der Waals surface area contributed by atoms with Crippen molar-refractivity contribution in [3.63, 3.8) is 0 Å². The first-order valence-electron chi connectivity index (χ1n) is 6.44. The summed E-state index contributed by atoms with van der Waals surface area (Å²) < 4.78 is 10.5. The maximum absolute atomic E-state index is 12.2. The van der Waals surface area contributed by atoms with Gasteiger partial charge in [0.25, 0.3) is 0 Å². The van der Waals surface area contributed by atoms with Crippen LogP contribution in [0.15, 0.2) is 12.1 Å². The molecule has 1 aromatic carbocycles. The Hall–Kier alpha value is -0.970. The lowest BCUT2D eigenvalue weighted by Gasteiger charge is -2.19. The van der Waals surface area contributed by atoms with Gasteiger partial charge in [-0.25, -0.2) is 4.79 Å². The van der Waals surface area contributed by atoms with E-state index >= 15 is 0 Å². The van der Waals surface area contributed by atoms with Gasteiger partial charge in [-0.3, -0.25) is 0 Å². The predicted octanol–water partition coefficient (Wildman–Crippen LogP) is 3.25. The lowest BCUT2D eigenvalue weighted by atomic mass is 10.2. The molecular weight excluding hydrogens is 301 g/mol. The fraction of sp³-hybridized carbons (Fsp3) is 0.500. The molecule has 1 aliphatic rings. The average Bonchev–Trinajstić information content (AvgIpc) is 2.83. The van der Waals surface area contributed by atoms with Crippen LogP contribution in [-0.4, -0.2) is 44.2 Å². The molecule has 0 saturated carbocycles. The zero-order valence-corrected chi connectivity index (χ0v) is 13.0. The third-order valence-corrected chi connectivity index (χ3v) is 4.16. The molecule has 110 valence electrons. The van der Waals surface area contributed by atoms with Crippen LogP contribution in [0, 0.1) is 0 Å². The topological polar surface area (TPSA) is 38.8 Å². The molecule has 0 spiro atoms. The van der Waals surface area contributed by atoms with Gasteiger partial charge in [-0.1, -0.05) is 23.2 Å². The highest BCUT2D eigenvalue weighted by Crippen LogP contribution is 2.34. The molecule has 0 radical (unpaired) electrons. The number of benzene rings is 1. The van der Waals surface area contributed by atoms with Crippen molar-refractivity contribution in [3.05, 3.63) is 27.7 Å². The van der Waals surface area contributed by atoms with Crippen molar-refractivity contribution < 1.29 is 14.3 Å². The van der Waals surface area contributed by atoms with Crippen LogP contribution in [0.25, 0.3) is 0 Å². The second-order valence-electron chi connectivity index (χ2n) is 4.81. The molecule has 1 atom stereocenters. The van der Waals surface area contributed by atoms with Crippen molar-refractivity contribution in [2.24, 2.45) is 0 Å². The highest BCUT2D eigenvalue weighted by atomic mass is 35.5. The van der Waals surface area contributed by atoms with E-state index in [1.54, 1.807) is 12.1 Å². The van der Waals surface area contributed by atoms with Gasteiger partial charge in [-0.05, 0) is 38.6 Å². The van der Waals surface area contributed by atoms with E-state index in [1.807, 2.05) is 7.05 Å². The third kappa shape index (κ3) is 3.19. The Balaban J connectivity index is 2.11. The number of likely N-dealkylation sites (N-methyl/N-ethyl adjacent to an activating group) is 1. The quantitative estimate of drug-likeness (QED) is 0.799. The summed E-state index contributed by atoms with van der Waals surface area (Å²) in [5, 5.41) is 0.609.